The number of aliphatic imine (C=N–C) groups is 1. The molecule has 1 amide bonds. The first-order valence-corrected chi connectivity index (χ1v) is 28.8. The van der Waals surface area contributed by atoms with Crippen molar-refractivity contribution in [1.82, 2.24) is 0 Å². The number of halogens is 3. The van der Waals surface area contributed by atoms with Crippen LogP contribution in [0.2, 0.25) is 38.8 Å². The van der Waals surface area contributed by atoms with E-state index in [1.807, 2.05) is 62.3 Å². The number of hydrogen-bond donors (Lipinski definition) is 0. The topological polar surface area (TPSA) is 201 Å². The predicted molar refractivity (Wildman–Crippen MR) is 240 cm³/mol. The van der Waals surface area contributed by atoms with E-state index in [2.05, 4.69) is 42.4 Å². The molecule has 0 aromatic rings. The average molecular weight is 993 g/mol. The Morgan fingerprint density at radius 3 is 1.37 bits per heavy atom. The van der Waals surface area contributed by atoms with Gasteiger partial charge in [0.2, 0.25) is 6.08 Å². The van der Waals surface area contributed by atoms with Gasteiger partial charge in [0.25, 0.3) is 0 Å². The van der Waals surface area contributed by atoms with E-state index in [0.29, 0.717) is 33.0 Å². The molecule has 63 heavy (non-hydrogen) atoms. The Balaban J connectivity index is -0.000000238. The van der Waals surface area contributed by atoms with Crippen LogP contribution >= 0.6 is 0 Å². The van der Waals surface area contributed by atoms with Crippen LogP contribution in [0, 0.1) is 21.7 Å². The number of methoxy groups -OCH3 is 1. The van der Waals surface area contributed by atoms with Crippen molar-refractivity contribution in [2.24, 2.45) is 26.7 Å². The third-order valence-electron chi connectivity index (χ3n) is 9.40. The van der Waals surface area contributed by atoms with E-state index in [1.54, 1.807) is 14.0 Å². The van der Waals surface area contributed by atoms with Crippen molar-refractivity contribution in [2.75, 3.05) is 53.3 Å². The van der Waals surface area contributed by atoms with Gasteiger partial charge >= 0.3 is 74.8 Å². The molecule has 0 aliphatic rings. The average Bonchev–Trinajstić information content (AvgIpc) is 3.15. The van der Waals surface area contributed by atoms with E-state index >= 15 is 0 Å². The van der Waals surface area contributed by atoms with Gasteiger partial charge in [0.05, 0.1) is 55.1 Å². The van der Waals surface area contributed by atoms with E-state index in [4.69, 9.17) is 27.8 Å². The normalized spacial score (nSPS) is 12.2. The van der Waals surface area contributed by atoms with Crippen LogP contribution in [0.25, 0.3) is 4.72 Å². The molecule has 0 radical (unpaired) electrons. The second-order valence-corrected chi connectivity index (χ2v) is 29.0. The summed E-state index contributed by atoms with van der Waals surface area (Å²) in [7, 11) is -7.15. The number of isocyanates is 1. The van der Waals surface area contributed by atoms with Gasteiger partial charge in [-0.25, -0.2) is 18.2 Å². The molecule has 0 atom stereocenters. The number of alkyl halides is 3. The molecule has 15 nitrogen and oxygen atoms in total. The SMILES string of the molecule is CCC(C)(C)C(=O)OCCC[Si](C)(C)O[Si](C)(C)C.CCC(C)(C)C(=O)OCCN=C=O.CCC(C)(C)C(=O)OCCOCCOC.CCC(C)(C)C(=O)[N-]S(=O)(=O)C(F)(F)F.[K+]. The molecule has 0 bridgehead atoms. The van der Waals surface area contributed by atoms with Crippen molar-refractivity contribution in [3.63, 3.8) is 0 Å². The summed E-state index contributed by atoms with van der Waals surface area (Å²) in [4.78, 5) is 58.6. The maximum Gasteiger partial charge on any atom is 1.00 e. The van der Waals surface area contributed by atoms with Gasteiger partial charge < -0.3 is 37.3 Å². The summed E-state index contributed by atoms with van der Waals surface area (Å²) in [5.74, 6) is -1.79. The van der Waals surface area contributed by atoms with Crippen molar-refractivity contribution in [2.45, 2.75) is 159 Å². The van der Waals surface area contributed by atoms with Crippen LogP contribution in [0.15, 0.2) is 4.99 Å². The second-order valence-electron chi connectivity index (χ2n) is 18.3. The number of ether oxygens (including phenoxy) is 5. The van der Waals surface area contributed by atoms with Crippen LogP contribution in [0.4, 0.5) is 13.2 Å². The molecule has 0 aromatic heterocycles. The van der Waals surface area contributed by atoms with Crippen molar-refractivity contribution in [1.29, 1.82) is 0 Å². The minimum Gasteiger partial charge on any atom is -0.538 e. The molecule has 0 N–H and O–H groups in total. The number of rotatable bonds is 24. The molecule has 0 fully saturated rings. The minimum atomic E-state index is -5.71. The van der Waals surface area contributed by atoms with Gasteiger partial charge in [0.1, 0.15) is 13.2 Å². The first-order valence-electron chi connectivity index (χ1n) is 20.8. The quantitative estimate of drug-likeness (QED) is 0.0253. The molecular weight excluding hydrogens is 913 g/mol. The molecular formula is C41H80F3KN2O13SSi2. The van der Waals surface area contributed by atoms with Gasteiger partial charge in [-0.05, 0) is 112 Å². The minimum absolute atomic E-state index is 0. The molecule has 0 unspecified atom stereocenters. The zero-order valence-electron chi connectivity index (χ0n) is 41.9. The Bertz CT molecular complexity index is 1480. The second kappa shape index (κ2) is 33.4. The monoisotopic (exact) mass is 992 g/mol. The Kier molecular flexibility index (Phi) is 37.7. The number of nitrogens with zero attached hydrogens (tertiary/aromatic N) is 2. The van der Waals surface area contributed by atoms with Crippen molar-refractivity contribution in [3.8, 4) is 0 Å². The third kappa shape index (κ3) is 35.8. The zero-order chi connectivity index (χ0) is 49.9. The summed E-state index contributed by atoms with van der Waals surface area (Å²) < 4.78 is 90.4. The Labute approximate surface area is 421 Å². The van der Waals surface area contributed by atoms with Crippen LogP contribution in [-0.2, 0) is 61.8 Å². The van der Waals surface area contributed by atoms with E-state index in [0.717, 1.165) is 31.7 Å². The van der Waals surface area contributed by atoms with Crippen LogP contribution in [0.5, 0.6) is 0 Å². The number of hydrogen-bond acceptors (Lipinski definition) is 14. The fourth-order valence-corrected chi connectivity index (χ4v) is 12.3. The summed E-state index contributed by atoms with van der Waals surface area (Å²) in [6, 6.07) is 1.05. The standard InChI is InChI=1S/C14H32O3Si2.C11H22O4.C9H15NO3.C7H12F3NO3S.K/c1-9-14(2,3)13(15)16-11-10-12-19(7,8)17-18(4,5)6;1-5-11(2,3)10(12)15-9-8-14-7-6-13-4;1-4-9(2,3)8(12)13-6-5-10-7-11;1-4-6(2,3)5(12)11-15(13,14)7(8,9)10;/h9-12H2,1-8H3;5-9H2,1-4H3;4-6H2,1-3H3;4H2,1-3H3,(H,11,12);/q;;;;+1/p-1. The summed E-state index contributed by atoms with van der Waals surface area (Å²) in [6.45, 7) is 35.2. The van der Waals surface area contributed by atoms with Gasteiger partial charge in [-0.1, -0.05) is 41.5 Å². The Morgan fingerprint density at radius 2 is 1.02 bits per heavy atom. The Hall–Kier alpha value is -1.05. The summed E-state index contributed by atoms with van der Waals surface area (Å²) in [5, 5.41) is 0. The number of carbonyl (C=O) groups is 4. The van der Waals surface area contributed by atoms with Gasteiger partial charge in [0.15, 0.2) is 26.7 Å². The first-order chi connectivity index (χ1) is 27.9. The largest absolute Gasteiger partial charge is 1.00 e. The molecule has 0 spiro atoms. The van der Waals surface area contributed by atoms with Crippen molar-refractivity contribution < 1.29 is 125 Å². The van der Waals surface area contributed by atoms with Gasteiger partial charge in [-0.3, -0.25) is 14.4 Å². The first kappa shape index (κ1) is 71.0. The summed E-state index contributed by atoms with van der Waals surface area (Å²) in [6.07, 6.45) is 4.80. The Morgan fingerprint density at radius 1 is 0.635 bits per heavy atom. The van der Waals surface area contributed by atoms with E-state index in [9.17, 15) is 45.6 Å². The van der Waals surface area contributed by atoms with Gasteiger partial charge in [-0.15, -0.1) is 0 Å². The zero-order valence-corrected chi connectivity index (χ0v) is 47.9. The molecule has 0 aromatic carbocycles. The van der Waals surface area contributed by atoms with E-state index < -0.39 is 54.3 Å². The fourth-order valence-electron chi connectivity index (χ4n) is 3.66. The molecule has 368 valence electrons. The van der Waals surface area contributed by atoms with E-state index in [1.165, 1.54) is 19.9 Å². The van der Waals surface area contributed by atoms with Crippen LogP contribution in [-0.4, -0.2) is 114 Å². The maximum absolute atomic E-state index is 11.9. The van der Waals surface area contributed by atoms with Crippen LogP contribution < -0.4 is 51.4 Å². The van der Waals surface area contributed by atoms with Gasteiger partial charge in [-0.2, -0.15) is 13.2 Å². The van der Waals surface area contributed by atoms with Crippen molar-refractivity contribution in [3.05, 3.63) is 4.72 Å². The number of carbonyl (C=O) groups excluding carboxylic acids is 5. The molecule has 22 heteroatoms. The third-order valence-corrected chi connectivity index (χ3v) is 16.6. The van der Waals surface area contributed by atoms with Crippen molar-refractivity contribution >= 4 is 56.6 Å². The maximum atomic E-state index is 11.9. The molecule has 0 rings (SSSR count). The van der Waals surface area contributed by atoms with Crippen LogP contribution in [0.3, 0.4) is 0 Å². The summed E-state index contributed by atoms with van der Waals surface area (Å²) >= 11 is 0. The molecule has 0 saturated carbocycles. The fraction of sp³-hybridized carbons (Fsp3) is 0.878. The molecule has 0 heterocycles. The number of esters is 3. The van der Waals surface area contributed by atoms with E-state index in [-0.39, 0.29) is 94.3 Å². The smallest absolute Gasteiger partial charge is 0.538 e. The molecule has 0 saturated heterocycles. The summed E-state index contributed by atoms with van der Waals surface area (Å²) in [5.41, 5.74) is -7.94. The number of sulfonamides is 1. The van der Waals surface area contributed by atoms with Gasteiger partial charge in [0, 0.05) is 12.5 Å². The number of amides is 1. The molecule has 0 aliphatic carbocycles. The van der Waals surface area contributed by atoms with Crippen LogP contribution in [0.1, 0.15) is 115 Å². The molecule has 0 aliphatic heterocycles. The predicted octanol–water partition coefficient (Wildman–Crippen LogP) is 6.52.